The smallest absolute Gasteiger partial charge is 0.229 e. The first-order chi connectivity index (χ1) is 5.87. The van der Waals surface area contributed by atoms with Crippen molar-refractivity contribution in [2.45, 2.75) is 0 Å². The minimum absolute atomic E-state index is 0.0625. The van der Waals surface area contributed by atoms with Crippen LogP contribution in [0.15, 0.2) is 18.2 Å². The summed E-state index contributed by atoms with van der Waals surface area (Å²) in [4.78, 5) is 0. The molecule has 13 heavy (non-hydrogen) atoms. The molecule has 0 saturated heterocycles. The third-order valence-corrected chi connectivity index (χ3v) is 1.80. The van der Waals surface area contributed by atoms with E-state index in [0.717, 1.165) is 24.5 Å². The van der Waals surface area contributed by atoms with Crippen LogP contribution in [0.3, 0.4) is 0 Å². The second-order valence-corrected chi connectivity index (χ2v) is 4.34. The van der Waals surface area contributed by atoms with Crippen molar-refractivity contribution in [1.82, 2.24) is 0 Å². The summed E-state index contributed by atoms with van der Waals surface area (Å²) in [6.45, 7) is 0. The Morgan fingerprint density at radius 2 is 2.00 bits per heavy atom. The lowest BCUT2D eigenvalue weighted by atomic mass is 10.3. The van der Waals surface area contributed by atoms with Crippen LogP contribution < -0.4 is 9.83 Å². The summed E-state index contributed by atoms with van der Waals surface area (Å²) in [6, 6.07) is 3.23. The van der Waals surface area contributed by atoms with Crippen LogP contribution in [0.2, 0.25) is 0 Å². The summed E-state index contributed by atoms with van der Waals surface area (Å²) in [5.74, 6) is -0.718. The first-order valence-corrected chi connectivity index (χ1v) is 5.25. The zero-order valence-corrected chi connectivity index (χ0v) is 7.63. The Bertz CT molecular complexity index is 392. The van der Waals surface area contributed by atoms with Crippen molar-refractivity contribution in [3.05, 3.63) is 18.2 Å². The number of hydrogen-bond acceptors (Lipinski definition) is 4. The molecule has 0 aliphatic heterocycles. The molecule has 0 aromatic heterocycles. The van der Waals surface area contributed by atoms with Gasteiger partial charge in [0, 0.05) is 6.07 Å². The molecule has 0 saturated carbocycles. The molecule has 0 aliphatic carbocycles. The number of phenolic OH excluding ortho intramolecular Hbond substituents is 1. The first kappa shape index (κ1) is 9.66. The van der Waals surface area contributed by atoms with Crippen molar-refractivity contribution in [3.63, 3.8) is 0 Å². The molecule has 0 radical (unpaired) electrons. The summed E-state index contributed by atoms with van der Waals surface area (Å²) < 4.78 is 23.5. The maximum Gasteiger partial charge on any atom is 0.229 e. The van der Waals surface area contributed by atoms with Gasteiger partial charge in [-0.05, 0) is 12.1 Å². The van der Waals surface area contributed by atoms with Gasteiger partial charge in [0.2, 0.25) is 10.0 Å². The molecule has 0 atom stereocenters. The minimum atomic E-state index is -3.41. The maximum absolute atomic E-state index is 10.8. The number of anilines is 1. The van der Waals surface area contributed by atoms with Crippen molar-refractivity contribution >= 4 is 15.7 Å². The van der Waals surface area contributed by atoms with Gasteiger partial charge in [0.25, 0.3) is 0 Å². The molecule has 0 bridgehead atoms. The molecule has 0 fully saturated rings. The van der Waals surface area contributed by atoms with Gasteiger partial charge in [0.1, 0.15) is 5.75 Å². The predicted octanol–water partition coefficient (Wildman–Crippen LogP) is -0.163. The molecule has 0 amide bonds. The predicted molar refractivity (Wildman–Crippen MR) is 46.0 cm³/mol. The van der Waals surface area contributed by atoms with E-state index in [9.17, 15) is 13.5 Å². The molecule has 6 heteroatoms. The summed E-state index contributed by atoms with van der Waals surface area (Å²) in [5.41, 5.74) is 0.0625. The summed E-state index contributed by atoms with van der Waals surface area (Å²) in [5, 5.41) is 19.8. The molecule has 1 aromatic rings. The van der Waals surface area contributed by atoms with Crippen LogP contribution in [-0.4, -0.2) is 19.8 Å². The molecule has 1 aromatic carbocycles. The summed E-state index contributed by atoms with van der Waals surface area (Å²) in [7, 11) is -3.41. The topological polar surface area (TPSA) is 89.5 Å². The molecule has 2 N–H and O–H groups in total. The second-order valence-electron chi connectivity index (χ2n) is 2.59. The number of hydrogen-bond donors (Lipinski definition) is 2. The maximum atomic E-state index is 10.8. The zero-order chi connectivity index (χ0) is 10.1. The first-order valence-electron chi connectivity index (χ1n) is 3.36. The normalized spacial score (nSPS) is 11.2. The molecule has 72 valence electrons. The van der Waals surface area contributed by atoms with E-state index in [0.29, 0.717) is 0 Å². The van der Waals surface area contributed by atoms with Gasteiger partial charge in [0.05, 0.1) is 11.9 Å². The summed E-state index contributed by atoms with van der Waals surface area (Å²) in [6.07, 6.45) is 0.960. The van der Waals surface area contributed by atoms with Crippen molar-refractivity contribution in [2.75, 3.05) is 11.0 Å². The highest BCUT2D eigenvalue weighted by molar-refractivity contribution is 7.92. The second kappa shape index (κ2) is 3.14. The number of rotatable bonds is 2. The van der Waals surface area contributed by atoms with Crippen molar-refractivity contribution in [3.8, 4) is 11.5 Å². The van der Waals surface area contributed by atoms with Crippen LogP contribution >= 0.6 is 0 Å². The molecule has 1 rings (SSSR count). The van der Waals surface area contributed by atoms with Gasteiger partial charge < -0.3 is 10.2 Å². The van der Waals surface area contributed by atoms with Crippen molar-refractivity contribution in [1.29, 1.82) is 0 Å². The largest absolute Gasteiger partial charge is 0.872 e. The van der Waals surface area contributed by atoms with Gasteiger partial charge in [-0.3, -0.25) is 4.72 Å². The lowest BCUT2D eigenvalue weighted by Gasteiger charge is -2.09. The number of nitrogens with one attached hydrogen (secondary N) is 1. The lowest BCUT2D eigenvalue weighted by molar-refractivity contribution is -0.268. The average molecular weight is 202 g/mol. The van der Waals surface area contributed by atoms with Gasteiger partial charge in [-0.25, -0.2) is 8.42 Å². The number of phenols is 1. The van der Waals surface area contributed by atoms with Crippen LogP contribution in [0.25, 0.3) is 0 Å². The van der Waals surface area contributed by atoms with Crippen LogP contribution in [0.4, 0.5) is 5.69 Å². The molecule has 5 nitrogen and oxygen atoms in total. The van der Waals surface area contributed by atoms with E-state index in [-0.39, 0.29) is 11.4 Å². The highest BCUT2D eigenvalue weighted by atomic mass is 32.2. The minimum Gasteiger partial charge on any atom is -0.872 e. The van der Waals surface area contributed by atoms with E-state index in [1.54, 1.807) is 0 Å². The molecule has 0 unspecified atom stereocenters. The zero-order valence-electron chi connectivity index (χ0n) is 6.81. The van der Waals surface area contributed by atoms with Crippen LogP contribution in [0, 0.1) is 0 Å². The fraction of sp³-hybridized carbons (Fsp3) is 0.143. The van der Waals surface area contributed by atoms with Gasteiger partial charge in [-0.15, -0.1) is 5.75 Å². The quantitative estimate of drug-likeness (QED) is 0.697. The molecule has 0 heterocycles. The molecular formula is C7H8NO4S-. The van der Waals surface area contributed by atoms with E-state index in [1.807, 2.05) is 0 Å². The van der Waals surface area contributed by atoms with E-state index in [4.69, 9.17) is 5.11 Å². The Balaban J connectivity index is 3.03. The SMILES string of the molecule is CS(=O)(=O)Nc1cc([O-])cc(O)c1. The fourth-order valence-electron chi connectivity index (χ4n) is 0.856. The third-order valence-electron chi connectivity index (χ3n) is 1.19. The Morgan fingerprint density at radius 1 is 1.38 bits per heavy atom. The molecular weight excluding hydrogens is 194 g/mol. The highest BCUT2D eigenvalue weighted by Gasteiger charge is 2.01. The Hall–Kier alpha value is -1.43. The van der Waals surface area contributed by atoms with Crippen LogP contribution in [0.5, 0.6) is 11.5 Å². The lowest BCUT2D eigenvalue weighted by Crippen LogP contribution is -2.09. The van der Waals surface area contributed by atoms with E-state index in [2.05, 4.69) is 4.72 Å². The number of aromatic hydroxyl groups is 1. The highest BCUT2D eigenvalue weighted by Crippen LogP contribution is 2.22. The van der Waals surface area contributed by atoms with E-state index < -0.39 is 15.8 Å². The third kappa shape index (κ3) is 3.20. The molecule has 0 spiro atoms. The van der Waals surface area contributed by atoms with Gasteiger partial charge in [-0.2, -0.15) is 0 Å². The van der Waals surface area contributed by atoms with Gasteiger partial charge >= 0.3 is 0 Å². The number of sulfonamides is 1. The number of benzene rings is 1. The standard InChI is InChI=1S/C7H9NO4S/c1-13(11,12)8-5-2-6(9)4-7(10)3-5/h2-4,8-10H,1H3/p-1. The van der Waals surface area contributed by atoms with Crippen molar-refractivity contribution < 1.29 is 18.6 Å². The monoisotopic (exact) mass is 202 g/mol. The van der Waals surface area contributed by atoms with Gasteiger partial charge in [-0.1, -0.05) is 0 Å². The van der Waals surface area contributed by atoms with Crippen LogP contribution in [0.1, 0.15) is 0 Å². The fourth-order valence-corrected chi connectivity index (χ4v) is 1.40. The Morgan fingerprint density at radius 3 is 2.46 bits per heavy atom. The Kier molecular flexibility index (Phi) is 2.33. The molecule has 0 aliphatic rings. The summed E-state index contributed by atoms with van der Waals surface area (Å²) >= 11 is 0. The Labute approximate surface area is 75.7 Å². The van der Waals surface area contributed by atoms with Gasteiger partial charge in [0.15, 0.2) is 0 Å². The van der Waals surface area contributed by atoms with Crippen molar-refractivity contribution in [2.24, 2.45) is 0 Å². The van der Waals surface area contributed by atoms with Crippen LogP contribution in [-0.2, 0) is 10.0 Å². The van der Waals surface area contributed by atoms with E-state index >= 15 is 0 Å². The van der Waals surface area contributed by atoms with E-state index in [1.165, 1.54) is 0 Å². The average Bonchev–Trinajstić information content (AvgIpc) is 1.78.